The van der Waals surface area contributed by atoms with Crippen molar-refractivity contribution >= 4 is 52.6 Å². The van der Waals surface area contributed by atoms with Crippen LogP contribution in [0.25, 0.3) is 0 Å². The molecule has 2 amide bonds. The average molecular weight is 587 g/mol. The zero-order chi connectivity index (χ0) is 30.1. The van der Waals surface area contributed by atoms with Crippen LogP contribution in [-0.4, -0.2) is 53.3 Å². The van der Waals surface area contributed by atoms with Gasteiger partial charge < -0.3 is 19.9 Å². The molecule has 0 saturated carbocycles. The van der Waals surface area contributed by atoms with Gasteiger partial charge in [-0.15, -0.1) is 16.7 Å². The van der Waals surface area contributed by atoms with E-state index in [1.165, 1.54) is 44.2 Å². The zero-order valence-corrected chi connectivity index (χ0v) is 22.3. The summed E-state index contributed by atoms with van der Waals surface area (Å²) in [5, 5.41) is 19.2. The SMILES string of the molecule is CCOC(=O)N(c1cccc(C(F)(F)F)c1)c1ccccc1N=NC(NC(=O)CCl)(C(=O)O)C(=O)OC(C)CC. The van der Waals surface area contributed by atoms with Crippen LogP contribution < -0.4 is 10.2 Å². The number of para-hydroxylation sites is 1. The highest BCUT2D eigenvalue weighted by Crippen LogP contribution is 2.38. The molecule has 0 fully saturated rings. The number of carbonyl (C=O) groups is 4. The summed E-state index contributed by atoms with van der Waals surface area (Å²) in [6, 6.07) is 9.16. The second-order valence-corrected chi connectivity index (χ2v) is 8.36. The second kappa shape index (κ2) is 13.7. The number of benzene rings is 2. The molecule has 15 heteroatoms. The molecule has 2 aromatic carbocycles. The van der Waals surface area contributed by atoms with Crippen LogP contribution in [0.5, 0.6) is 0 Å². The number of hydrogen-bond acceptors (Lipinski definition) is 8. The zero-order valence-electron chi connectivity index (χ0n) is 21.6. The molecule has 40 heavy (non-hydrogen) atoms. The molecule has 2 atom stereocenters. The number of nitrogens with zero attached hydrogens (tertiary/aromatic N) is 3. The number of ether oxygens (including phenoxy) is 2. The Morgan fingerprint density at radius 2 is 1.77 bits per heavy atom. The van der Waals surface area contributed by atoms with Crippen LogP contribution in [0.1, 0.15) is 32.8 Å². The number of carbonyl (C=O) groups excluding carboxylic acids is 3. The summed E-state index contributed by atoms with van der Waals surface area (Å²) in [5.74, 6) is -5.26. The Hall–Kier alpha value is -4.20. The number of aliphatic carboxylic acids is 1. The van der Waals surface area contributed by atoms with Gasteiger partial charge >= 0.3 is 29.9 Å². The number of rotatable bonds is 11. The van der Waals surface area contributed by atoms with Gasteiger partial charge in [0.05, 0.1) is 29.6 Å². The van der Waals surface area contributed by atoms with Crippen molar-refractivity contribution in [1.29, 1.82) is 0 Å². The number of azo groups is 1. The van der Waals surface area contributed by atoms with Gasteiger partial charge in [0.1, 0.15) is 11.6 Å². The van der Waals surface area contributed by atoms with E-state index in [0.717, 1.165) is 17.0 Å². The highest BCUT2D eigenvalue weighted by atomic mass is 35.5. The molecule has 0 spiro atoms. The number of amides is 2. The smallest absolute Gasteiger partial charge is 0.419 e. The van der Waals surface area contributed by atoms with Gasteiger partial charge in [-0.05, 0) is 50.6 Å². The van der Waals surface area contributed by atoms with E-state index in [4.69, 9.17) is 21.1 Å². The van der Waals surface area contributed by atoms with Gasteiger partial charge in [0.2, 0.25) is 5.91 Å². The van der Waals surface area contributed by atoms with Gasteiger partial charge in [-0.1, -0.05) is 25.1 Å². The number of esters is 1. The number of carboxylic acids is 1. The highest BCUT2D eigenvalue weighted by molar-refractivity contribution is 6.27. The molecule has 2 aromatic rings. The van der Waals surface area contributed by atoms with Gasteiger partial charge in [-0.25, -0.2) is 19.3 Å². The minimum Gasteiger partial charge on any atom is -0.478 e. The van der Waals surface area contributed by atoms with E-state index in [0.29, 0.717) is 12.5 Å². The van der Waals surface area contributed by atoms with Gasteiger partial charge in [-0.3, -0.25) is 4.79 Å². The normalized spacial score (nSPS) is 13.7. The molecular formula is C25H26ClF3N4O7. The maximum absolute atomic E-state index is 13.4. The van der Waals surface area contributed by atoms with Gasteiger partial charge in [-0.2, -0.15) is 18.3 Å². The van der Waals surface area contributed by atoms with Crippen molar-refractivity contribution in [2.45, 2.75) is 45.1 Å². The number of carboxylic acid groups (broad SMARTS) is 1. The lowest BCUT2D eigenvalue weighted by Crippen LogP contribution is -2.60. The molecule has 11 nitrogen and oxygen atoms in total. The van der Waals surface area contributed by atoms with Crippen molar-refractivity contribution < 1.29 is 46.9 Å². The number of nitrogens with one attached hydrogen (secondary N) is 1. The molecule has 0 aliphatic rings. The van der Waals surface area contributed by atoms with E-state index >= 15 is 0 Å². The largest absolute Gasteiger partial charge is 0.478 e. The molecule has 0 saturated heterocycles. The first kappa shape index (κ1) is 32.0. The maximum Gasteiger partial charge on any atom is 0.419 e. The van der Waals surface area contributed by atoms with E-state index in [9.17, 15) is 37.5 Å². The van der Waals surface area contributed by atoms with E-state index < -0.39 is 53.3 Å². The molecule has 2 unspecified atom stereocenters. The Labute approximate surface area is 231 Å². The highest BCUT2D eigenvalue weighted by Gasteiger charge is 2.51. The molecule has 216 valence electrons. The molecule has 0 bridgehead atoms. The predicted molar refractivity (Wildman–Crippen MR) is 137 cm³/mol. The monoisotopic (exact) mass is 586 g/mol. The summed E-state index contributed by atoms with van der Waals surface area (Å²) in [5.41, 5.74) is -4.84. The first-order chi connectivity index (χ1) is 18.8. The molecule has 0 aliphatic carbocycles. The standard InChI is InChI=1S/C25H26ClF3N4O7/c1-4-15(3)40-22(37)24(21(35)36,30-20(34)14-26)32-31-18-11-6-7-12-19(18)33(23(38)39-5-2)17-10-8-9-16(13-17)25(27,28)29/h6-13,15H,4-5,14H2,1-3H3,(H,30,34)(H,35,36). The minimum absolute atomic E-state index is 0.133. The number of hydrogen-bond donors (Lipinski definition) is 2. The average Bonchev–Trinajstić information content (AvgIpc) is 2.91. The summed E-state index contributed by atoms with van der Waals surface area (Å²) in [4.78, 5) is 50.9. The first-order valence-corrected chi connectivity index (χ1v) is 12.3. The summed E-state index contributed by atoms with van der Waals surface area (Å²) in [6.07, 6.45) is -6.27. The van der Waals surface area contributed by atoms with Crippen LogP contribution in [0.3, 0.4) is 0 Å². The predicted octanol–water partition coefficient (Wildman–Crippen LogP) is 5.56. The van der Waals surface area contributed by atoms with Crippen LogP contribution in [0, 0.1) is 0 Å². The topological polar surface area (TPSA) is 147 Å². The van der Waals surface area contributed by atoms with E-state index in [1.54, 1.807) is 6.92 Å². The number of halogens is 4. The van der Waals surface area contributed by atoms with E-state index in [2.05, 4.69) is 10.2 Å². The summed E-state index contributed by atoms with van der Waals surface area (Å²) < 4.78 is 50.3. The summed E-state index contributed by atoms with van der Waals surface area (Å²) in [6.45, 7) is 4.49. The van der Waals surface area contributed by atoms with E-state index in [-0.39, 0.29) is 23.7 Å². The van der Waals surface area contributed by atoms with Gasteiger partial charge in [0.15, 0.2) is 0 Å². The summed E-state index contributed by atoms with van der Waals surface area (Å²) in [7, 11) is 0. The van der Waals surface area contributed by atoms with Crippen molar-refractivity contribution in [2.75, 3.05) is 17.4 Å². The first-order valence-electron chi connectivity index (χ1n) is 11.8. The van der Waals surface area contributed by atoms with Gasteiger partial charge in [0, 0.05) is 0 Å². The Morgan fingerprint density at radius 1 is 1.10 bits per heavy atom. The van der Waals surface area contributed by atoms with Crippen LogP contribution in [0.2, 0.25) is 0 Å². The molecule has 0 radical (unpaired) electrons. The second-order valence-electron chi connectivity index (χ2n) is 8.09. The molecule has 2 N–H and O–H groups in total. The maximum atomic E-state index is 13.4. The lowest BCUT2D eigenvalue weighted by atomic mass is 10.1. The minimum atomic E-state index is -4.73. The Morgan fingerprint density at radius 3 is 2.35 bits per heavy atom. The van der Waals surface area contributed by atoms with Crippen LogP contribution in [0.15, 0.2) is 58.8 Å². The summed E-state index contributed by atoms with van der Waals surface area (Å²) >= 11 is 5.49. The van der Waals surface area contributed by atoms with Crippen molar-refractivity contribution in [1.82, 2.24) is 5.32 Å². The fraction of sp³-hybridized carbons (Fsp3) is 0.360. The fourth-order valence-corrected chi connectivity index (χ4v) is 3.17. The van der Waals surface area contributed by atoms with Crippen LogP contribution >= 0.6 is 11.6 Å². The van der Waals surface area contributed by atoms with E-state index in [1.807, 2.05) is 5.32 Å². The van der Waals surface area contributed by atoms with Crippen molar-refractivity contribution in [3.8, 4) is 0 Å². The Bertz CT molecular complexity index is 1270. The van der Waals surface area contributed by atoms with Crippen LogP contribution in [0.4, 0.5) is 35.0 Å². The van der Waals surface area contributed by atoms with Crippen molar-refractivity contribution in [3.05, 3.63) is 54.1 Å². The third-order valence-electron chi connectivity index (χ3n) is 5.24. The fourth-order valence-electron chi connectivity index (χ4n) is 3.11. The Kier molecular flexibility index (Phi) is 11.0. The molecule has 0 aromatic heterocycles. The third kappa shape index (κ3) is 7.68. The molecule has 2 rings (SSSR count). The molecule has 0 aliphatic heterocycles. The van der Waals surface area contributed by atoms with Crippen molar-refractivity contribution in [2.24, 2.45) is 10.2 Å². The Balaban J connectivity index is 2.73. The number of alkyl halides is 4. The van der Waals surface area contributed by atoms with Gasteiger partial charge in [0.25, 0.3) is 0 Å². The third-order valence-corrected chi connectivity index (χ3v) is 5.48. The molecule has 0 heterocycles. The number of anilines is 2. The molecular weight excluding hydrogens is 561 g/mol. The lowest BCUT2D eigenvalue weighted by Gasteiger charge is -2.26. The van der Waals surface area contributed by atoms with Crippen molar-refractivity contribution in [3.63, 3.8) is 0 Å². The van der Waals surface area contributed by atoms with Crippen LogP contribution in [-0.2, 0) is 30.0 Å². The quantitative estimate of drug-likeness (QED) is 0.152. The lowest BCUT2D eigenvalue weighted by molar-refractivity contribution is -0.168.